The Morgan fingerprint density at radius 1 is 1.12 bits per heavy atom. The first-order valence-electron chi connectivity index (χ1n) is 6.79. The Hall–Kier alpha value is -0.570. The molecule has 2 heterocycles. The van der Waals surface area contributed by atoms with Crippen LogP contribution in [0, 0.1) is 5.92 Å². The number of piperidine rings is 1. The lowest BCUT2D eigenvalue weighted by molar-refractivity contribution is -0.136. The standard InChI is InChI=1S/C13H24N2O/c1-11-6-7-12(10-14-11)13(16)15-8-4-2-3-5-9-15/h11-12,14H,2-10H2,1H3. The predicted molar refractivity (Wildman–Crippen MR) is 65.2 cm³/mol. The summed E-state index contributed by atoms with van der Waals surface area (Å²) < 4.78 is 0. The van der Waals surface area contributed by atoms with Crippen LogP contribution in [0.3, 0.4) is 0 Å². The first-order valence-corrected chi connectivity index (χ1v) is 6.79. The molecule has 0 spiro atoms. The van der Waals surface area contributed by atoms with E-state index in [0.717, 1.165) is 32.5 Å². The average molecular weight is 224 g/mol. The summed E-state index contributed by atoms with van der Waals surface area (Å²) in [5, 5.41) is 3.42. The first-order chi connectivity index (χ1) is 7.77. The third-order valence-electron chi connectivity index (χ3n) is 3.93. The normalized spacial score (nSPS) is 32.2. The predicted octanol–water partition coefficient (Wildman–Crippen LogP) is 1.78. The van der Waals surface area contributed by atoms with E-state index in [0.29, 0.717) is 11.9 Å². The Bertz CT molecular complexity index is 226. The van der Waals surface area contributed by atoms with Gasteiger partial charge in [0.25, 0.3) is 0 Å². The third-order valence-corrected chi connectivity index (χ3v) is 3.93. The zero-order valence-corrected chi connectivity index (χ0v) is 10.4. The molecule has 1 N–H and O–H groups in total. The summed E-state index contributed by atoms with van der Waals surface area (Å²) in [4.78, 5) is 14.4. The number of amides is 1. The lowest BCUT2D eigenvalue weighted by Gasteiger charge is -2.31. The molecule has 2 aliphatic rings. The van der Waals surface area contributed by atoms with Gasteiger partial charge < -0.3 is 10.2 Å². The fourth-order valence-corrected chi connectivity index (χ4v) is 2.76. The molecule has 2 fully saturated rings. The Labute approximate surface area is 98.6 Å². The Balaban J connectivity index is 1.85. The van der Waals surface area contributed by atoms with E-state index in [1.807, 2.05) is 0 Å². The van der Waals surface area contributed by atoms with Crippen molar-refractivity contribution < 1.29 is 4.79 Å². The number of carbonyl (C=O) groups is 1. The lowest BCUT2D eigenvalue weighted by atomic mass is 9.94. The summed E-state index contributed by atoms with van der Waals surface area (Å²) in [5.74, 6) is 0.649. The van der Waals surface area contributed by atoms with Gasteiger partial charge in [0.1, 0.15) is 0 Å². The molecule has 2 unspecified atom stereocenters. The summed E-state index contributed by atoms with van der Waals surface area (Å²) in [6.07, 6.45) is 7.20. The van der Waals surface area contributed by atoms with Crippen molar-refractivity contribution in [2.24, 2.45) is 5.92 Å². The van der Waals surface area contributed by atoms with Crippen LogP contribution in [-0.4, -0.2) is 36.5 Å². The van der Waals surface area contributed by atoms with Gasteiger partial charge in [-0.25, -0.2) is 0 Å². The van der Waals surface area contributed by atoms with Gasteiger partial charge in [0, 0.05) is 25.7 Å². The van der Waals surface area contributed by atoms with E-state index in [1.54, 1.807) is 0 Å². The topological polar surface area (TPSA) is 32.3 Å². The van der Waals surface area contributed by atoms with Crippen LogP contribution in [0.15, 0.2) is 0 Å². The molecule has 1 amide bonds. The van der Waals surface area contributed by atoms with Crippen LogP contribution in [0.5, 0.6) is 0 Å². The Kier molecular flexibility index (Phi) is 4.22. The monoisotopic (exact) mass is 224 g/mol. The summed E-state index contributed by atoms with van der Waals surface area (Å²) in [6, 6.07) is 0.591. The molecule has 16 heavy (non-hydrogen) atoms. The van der Waals surface area contributed by atoms with E-state index in [9.17, 15) is 4.79 Å². The maximum absolute atomic E-state index is 12.3. The number of hydrogen-bond donors (Lipinski definition) is 1. The minimum absolute atomic E-state index is 0.245. The number of nitrogens with zero attached hydrogens (tertiary/aromatic N) is 1. The van der Waals surface area contributed by atoms with Crippen molar-refractivity contribution in [3.8, 4) is 0 Å². The van der Waals surface area contributed by atoms with E-state index in [2.05, 4.69) is 17.1 Å². The molecule has 0 radical (unpaired) electrons. The minimum atomic E-state index is 0.245. The largest absolute Gasteiger partial charge is 0.342 e. The van der Waals surface area contributed by atoms with Crippen LogP contribution >= 0.6 is 0 Å². The van der Waals surface area contributed by atoms with Crippen LogP contribution in [-0.2, 0) is 4.79 Å². The second kappa shape index (κ2) is 5.67. The van der Waals surface area contributed by atoms with Crippen molar-refractivity contribution in [1.29, 1.82) is 0 Å². The number of likely N-dealkylation sites (tertiary alicyclic amines) is 1. The number of rotatable bonds is 1. The zero-order valence-electron chi connectivity index (χ0n) is 10.4. The van der Waals surface area contributed by atoms with Crippen LogP contribution < -0.4 is 5.32 Å². The van der Waals surface area contributed by atoms with E-state index >= 15 is 0 Å². The van der Waals surface area contributed by atoms with Gasteiger partial charge >= 0.3 is 0 Å². The maximum atomic E-state index is 12.3. The van der Waals surface area contributed by atoms with Gasteiger partial charge in [-0.15, -0.1) is 0 Å². The molecule has 2 saturated heterocycles. The van der Waals surface area contributed by atoms with Crippen molar-refractivity contribution in [2.45, 2.75) is 51.5 Å². The van der Waals surface area contributed by atoms with E-state index in [-0.39, 0.29) is 5.92 Å². The van der Waals surface area contributed by atoms with Crippen molar-refractivity contribution >= 4 is 5.91 Å². The molecule has 0 bridgehead atoms. The first kappa shape index (κ1) is 11.9. The number of carbonyl (C=O) groups excluding carboxylic acids is 1. The highest BCUT2D eigenvalue weighted by Crippen LogP contribution is 2.19. The SMILES string of the molecule is CC1CCC(C(=O)N2CCCCCC2)CN1. The quantitative estimate of drug-likeness (QED) is 0.736. The Morgan fingerprint density at radius 3 is 2.38 bits per heavy atom. The summed E-state index contributed by atoms with van der Waals surface area (Å²) in [6.45, 7) is 5.07. The van der Waals surface area contributed by atoms with Gasteiger partial charge in [-0.3, -0.25) is 4.79 Å². The van der Waals surface area contributed by atoms with Gasteiger partial charge in [0.05, 0.1) is 5.92 Å². The zero-order chi connectivity index (χ0) is 11.4. The van der Waals surface area contributed by atoms with Crippen LogP contribution in [0.25, 0.3) is 0 Å². The minimum Gasteiger partial charge on any atom is -0.342 e. The smallest absolute Gasteiger partial charge is 0.226 e. The van der Waals surface area contributed by atoms with Crippen LogP contribution in [0.4, 0.5) is 0 Å². The van der Waals surface area contributed by atoms with E-state index in [4.69, 9.17) is 0 Å². The molecule has 2 rings (SSSR count). The maximum Gasteiger partial charge on any atom is 0.226 e. The highest BCUT2D eigenvalue weighted by atomic mass is 16.2. The molecule has 0 aromatic heterocycles. The fraction of sp³-hybridized carbons (Fsp3) is 0.923. The highest BCUT2D eigenvalue weighted by molar-refractivity contribution is 5.79. The Morgan fingerprint density at radius 2 is 1.81 bits per heavy atom. The molecule has 92 valence electrons. The van der Waals surface area contributed by atoms with Crippen molar-refractivity contribution in [1.82, 2.24) is 10.2 Å². The molecular weight excluding hydrogens is 200 g/mol. The molecule has 2 aliphatic heterocycles. The average Bonchev–Trinajstić information content (AvgIpc) is 2.57. The molecule has 0 aromatic carbocycles. The van der Waals surface area contributed by atoms with E-state index in [1.165, 1.54) is 25.7 Å². The van der Waals surface area contributed by atoms with Crippen molar-refractivity contribution in [3.05, 3.63) is 0 Å². The van der Waals surface area contributed by atoms with Crippen molar-refractivity contribution in [2.75, 3.05) is 19.6 Å². The fourth-order valence-electron chi connectivity index (χ4n) is 2.76. The van der Waals surface area contributed by atoms with Crippen LogP contribution in [0.2, 0.25) is 0 Å². The molecule has 3 nitrogen and oxygen atoms in total. The third kappa shape index (κ3) is 2.97. The molecule has 0 saturated carbocycles. The van der Waals surface area contributed by atoms with Crippen LogP contribution in [0.1, 0.15) is 45.4 Å². The summed E-state index contributed by atoms with van der Waals surface area (Å²) in [7, 11) is 0. The van der Waals surface area contributed by atoms with Gasteiger partial charge in [0.15, 0.2) is 0 Å². The van der Waals surface area contributed by atoms with Gasteiger partial charge in [-0.1, -0.05) is 12.8 Å². The van der Waals surface area contributed by atoms with Gasteiger partial charge in [0.2, 0.25) is 5.91 Å². The second-order valence-electron chi connectivity index (χ2n) is 5.32. The lowest BCUT2D eigenvalue weighted by Crippen LogP contribution is -2.45. The van der Waals surface area contributed by atoms with Gasteiger partial charge in [-0.2, -0.15) is 0 Å². The van der Waals surface area contributed by atoms with Crippen molar-refractivity contribution in [3.63, 3.8) is 0 Å². The second-order valence-corrected chi connectivity index (χ2v) is 5.32. The van der Waals surface area contributed by atoms with E-state index < -0.39 is 0 Å². The molecule has 2 atom stereocenters. The van der Waals surface area contributed by atoms with Gasteiger partial charge in [-0.05, 0) is 32.6 Å². The molecule has 3 heteroatoms. The molecule has 0 aliphatic carbocycles. The summed E-state index contributed by atoms with van der Waals surface area (Å²) >= 11 is 0. The molecule has 0 aromatic rings. The molecular formula is C13H24N2O. The number of hydrogen-bond acceptors (Lipinski definition) is 2. The summed E-state index contributed by atoms with van der Waals surface area (Å²) in [5.41, 5.74) is 0. The number of nitrogens with one attached hydrogen (secondary N) is 1. The highest BCUT2D eigenvalue weighted by Gasteiger charge is 2.27.